The van der Waals surface area contributed by atoms with E-state index in [1.165, 1.54) is 15.8 Å². The molecule has 1 aliphatic heterocycles. The summed E-state index contributed by atoms with van der Waals surface area (Å²) in [6, 6.07) is 2.26. The molecule has 3 aliphatic rings. The highest BCUT2D eigenvalue weighted by Gasteiger charge is 2.41. The van der Waals surface area contributed by atoms with Crippen LogP contribution in [0.4, 0.5) is 16.3 Å². The van der Waals surface area contributed by atoms with E-state index in [9.17, 15) is 18.4 Å². The Kier molecular flexibility index (Phi) is 6.13. The third-order valence-electron chi connectivity index (χ3n) is 7.34. The number of nitrogens with one attached hydrogen (secondary N) is 2. The molecule has 34 heavy (non-hydrogen) atoms. The maximum atomic E-state index is 13.6. The van der Waals surface area contributed by atoms with E-state index >= 15 is 0 Å². The van der Waals surface area contributed by atoms with Gasteiger partial charge in [-0.15, -0.1) is 0 Å². The first kappa shape index (κ1) is 23.3. The summed E-state index contributed by atoms with van der Waals surface area (Å²) >= 11 is 0. The SMILES string of the molecule is CN1CCC(N(c2ccn(C)n2)S(=O)(=O)[NH+]([O-])C(=O)Nc2c3c(cc4c2CCC4)CCC3)CC1. The number of piperidine rings is 1. The number of fused-ring (bicyclic) bond motifs is 2. The summed E-state index contributed by atoms with van der Waals surface area (Å²) in [6.45, 7) is 1.40. The summed E-state index contributed by atoms with van der Waals surface area (Å²) in [6.07, 6.45) is 8.29. The van der Waals surface area contributed by atoms with Crippen LogP contribution in [0.2, 0.25) is 0 Å². The predicted octanol–water partition coefficient (Wildman–Crippen LogP) is 1.16. The van der Waals surface area contributed by atoms with Gasteiger partial charge in [0.05, 0.1) is 11.7 Å². The summed E-state index contributed by atoms with van der Waals surface area (Å²) in [4.78, 5) is 15.3. The molecule has 1 aromatic carbocycles. The molecule has 2 heterocycles. The Bertz CT molecular complexity index is 1170. The van der Waals surface area contributed by atoms with Gasteiger partial charge in [0.2, 0.25) is 0 Å². The fraction of sp³-hybridized carbons (Fsp3) is 0.565. The van der Waals surface area contributed by atoms with Crippen LogP contribution in [-0.2, 0) is 42.9 Å². The lowest BCUT2D eigenvalue weighted by Gasteiger charge is -2.37. The van der Waals surface area contributed by atoms with Gasteiger partial charge in [-0.1, -0.05) is 6.07 Å². The smallest absolute Gasteiger partial charge is 0.436 e. The van der Waals surface area contributed by atoms with Gasteiger partial charge in [0.15, 0.2) is 5.82 Å². The molecule has 5 rings (SSSR count). The average molecular weight is 489 g/mol. The summed E-state index contributed by atoms with van der Waals surface area (Å²) in [5.41, 5.74) is 5.17. The summed E-state index contributed by atoms with van der Waals surface area (Å²) in [5, 5.41) is 20.2. The van der Waals surface area contributed by atoms with Crippen molar-refractivity contribution in [2.24, 2.45) is 7.05 Å². The number of aryl methyl sites for hydroxylation is 3. The molecule has 184 valence electrons. The number of nitrogens with zero attached hydrogens (tertiary/aromatic N) is 4. The quantitative estimate of drug-likeness (QED) is 0.611. The lowest BCUT2D eigenvalue weighted by molar-refractivity contribution is -0.604. The Labute approximate surface area is 200 Å². The molecular formula is C23H32N6O4S. The molecule has 0 radical (unpaired) electrons. The maximum absolute atomic E-state index is 13.6. The van der Waals surface area contributed by atoms with Crippen LogP contribution in [0.3, 0.4) is 0 Å². The number of benzene rings is 1. The molecular weight excluding hydrogens is 456 g/mol. The van der Waals surface area contributed by atoms with Crippen LogP contribution in [0, 0.1) is 5.21 Å². The van der Waals surface area contributed by atoms with Crippen molar-refractivity contribution >= 4 is 27.7 Å². The molecule has 1 fully saturated rings. The van der Waals surface area contributed by atoms with Gasteiger partial charge >= 0.3 is 16.2 Å². The number of carbonyl (C=O) groups excluding carboxylic acids is 1. The minimum atomic E-state index is -4.62. The number of anilines is 2. The van der Waals surface area contributed by atoms with Crippen LogP contribution >= 0.6 is 0 Å². The van der Waals surface area contributed by atoms with Crippen LogP contribution in [0.25, 0.3) is 0 Å². The third kappa shape index (κ3) is 4.10. The van der Waals surface area contributed by atoms with Gasteiger partial charge in [0, 0.05) is 19.3 Å². The van der Waals surface area contributed by atoms with Crippen LogP contribution in [-0.4, -0.2) is 55.3 Å². The number of aromatic nitrogens is 2. The van der Waals surface area contributed by atoms with E-state index in [0.29, 0.717) is 31.6 Å². The second-order valence-corrected chi connectivity index (χ2v) is 11.4. The first-order valence-electron chi connectivity index (χ1n) is 12.0. The van der Waals surface area contributed by atoms with E-state index in [-0.39, 0.29) is 5.82 Å². The average Bonchev–Trinajstić information content (AvgIpc) is 3.55. The molecule has 2 aromatic rings. The molecule has 1 saturated heterocycles. The number of hydroxylamine groups is 1. The topological polar surface area (TPSA) is 115 Å². The molecule has 0 bridgehead atoms. The minimum absolute atomic E-state index is 0.166. The van der Waals surface area contributed by atoms with Crippen LogP contribution in [0.1, 0.15) is 47.9 Å². The van der Waals surface area contributed by atoms with Gasteiger partial charge < -0.3 is 10.1 Å². The van der Waals surface area contributed by atoms with Crippen molar-refractivity contribution in [3.8, 4) is 0 Å². The first-order valence-corrected chi connectivity index (χ1v) is 13.4. The minimum Gasteiger partial charge on any atom is -0.608 e. The Hall–Kier alpha value is -2.47. The van der Waals surface area contributed by atoms with Gasteiger partial charge in [-0.3, -0.25) is 10.00 Å². The highest BCUT2D eigenvalue weighted by Crippen LogP contribution is 2.38. The molecule has 0 saturated carbocycles. The van der Waals surface area contributed by atoms with Crippen LogP contribution in [0.15, 0.2) is 18.3 Å². The molecule has 2 N–H and O–H groups in total. The van der Waals surface area contributed by atoms with Crippen molar-refractivity contribution in [2.45, 2.75) is 57.4 Å². The zero-order valence-corrected chi connectivity index (χ0v) is 20.5. The molecule has 11 heteroatoms. The van der Waals surface area contributed by atoms with E-state index in [1.54, 1.807) is 19.3 Å². The number of urea groups is 1. The second kappa shape index (κ2) is 8.95. The number of rotatable bonds is 5. The van der Waals surface area contributed by atoms with Crippen molar-refractivity contribution in [3.05, 3.63) is 45.8 Å². The maximum Gasteiger partial charge on any atom is 0.436 e. The first-order chi connectivity index (χ1) is 16.3. The Morgan fingerprint density at radius 1 is 1.12 bits per heavy atom. The normalized spacial score (nSPS) is 19.6. The van der Waals surface area contributed by atoms with Gasteiger partial charge in [-0.2, -0.15) is 18.0 Å². The standard InChI is InChI=1S/C23H32N6O4S/c1-26-12-9-18(10-13-26)28(21-11-14-27(2)25-21)34(32,33)29(31)23(30)24-22-19-7-3-5-16(19)15-17-6-4-8-20(17)22/h11,14-15,18,29H,3-10,12-13H2,1-2H3,(H,24,30). The number of hydrogen-bond acceptors (Lipinski definition) is 6. The Morgan fingerprint density at radius 2 is 1.74 bits per heavy atom. The van der Waals surface area contributed by atoms with Gasteiger partial charge in [0.1, 0.15) is 0 Å². The highest BCUT2D eigenvalue weighted by molar-refractivity contribution is 7.86. The molecule has 2 aliphatic carbocycles. The van der Waals surface area contributed by atoms with Crippen LogP contribution in [0.5, 0.6) is 0 Å². The summed E-state index contributed by atoms with van der Waals surface area (Å²) in [5.74, 6) is 0.166. The Morgan fingerprint density at radius 3 is 2.29 bits per heavy atom. The lowest BCUT2D eigenvalue weighted by Crippen LogP contribution is -3.14. The van der Waals surface area contributed by atoms with Crippen molar-refractivity contribution in [1.82, 2.24) is 14.7 Å². The van der Waals surface area contributed by atoms with E-state index in [2.05, 4.69) is 21.4 Å². The number of carbonyl (C=O) groups is 1. The number of amides is 2. The van der Waals surface area contributed by atoms with Crippen molar-refractivity contribution in [1.29, 1.82) is 0 Å². The Balaban J connectivity index is 1.45. The van der Waals surface area contributed by atoms with E-state index in [4.69, 9.17) is 0 Å². The predicted molar refractivity (Wildman–Crippen MR) is 129 cm³/mol. The molecule has 10 nitrogen and oxygen atoms in total. The largest absolute Gasteiger partial charge is 0.608 e. The van der Waals surface area contributed by atoms with Crippen molar-refractivity contribution in [3.63, 3.8) is 0 Å². The van der Waals surface area contributed by atoms with Gasteiger partial charge in [-0.05, 0) is 93.8 Å². The van der Waals surface area contributed by atoms with Crippen LogP contribution < -0.4 is 14.1 Å². The third-order valence-corrected chi connectivity index (χ3v) is 8.99. The monoisotopic (exact) mass is 488 g/mol. The molecule has 1 aromatic heterocycles. The molecule has 0 spiro atoms. The molecule has 2 amide bonds. The molecule has 1 atom stereocenters. The van der Waals surface area contributed by atoms with E-state index in [1.807, 2.05) is 7.05 Å². The number of likely N-dealkylation sites (tertiary alicyclic amines) is 1. The van der Waals surface area contributed by atoms with Crippen molar-refractivity contribution in [2.75, 3.05) is 29.8 Å². The van der Waals surface area contributed by atoms with Gasteiger partial charge in [0.25, 0.3) is 0 Å². The van der Waals surface area contributed by atoms with Gasteiger partial charge in [-0.25, -0.2) is 9.10 Å². The zero-order valence-electron chi connectivity index (χ0n) is 19.7. The lowest BCUT2D eigenvalue weighted by atomic mass is 9.99. The van der Waals surface area contributed by atoms with Crippen molar-refractivity contribution < 1.29 is 17.7 Å². The van der Waals surface area contributed by atoms with E-state index < -0.39 is 26.8 Å². The summed E-state index contributed by atoms with van der Waals surface area (Å²) in [7, 11) is -0.951. The number of hydrogen-bond donors (Lipinski definition) is 2. The number of quaternary nitrogens is 1. The zero-order chi connectivity index (χ0) is 24.0. The van der Waals surface area contributed by atoms with E-state index in [0.717, 1.165) is 54.0 Å². The second-order valence-electron chi connectivity index (χ2n) is 9.66. The summed E-state index contributed by atoms with van der Waals surface area (Å²) < 4.78 is 28.3. The fourth-order valence-electron chi connectivity index (χ4n) is 5.59. The molecule has 1 unspecified atom stereocenters. The fourth-order valence-corrected chi connectivity index (χ4v) is 7.01. The highest BCUT2D eigenvalue weighted by atomic mass is 32.2.